The fourth-order valence-corrected chi connectivity index (χ4v) is 9.34. The number of carbonyl (C=O) groups excluding carboxylic acids is 2. The second kappa shape index (κ2) is 56.9. The summed E-state index contributed by atoms with van der Waals surface area (Å²) in [5.41, 5.74) is 0. The molecule has 0 aromatic heterocycles. The van der Waals surface area contributed by atoms with Crippen molar-refractivity contribution in [1.29, 1.82) is 0 Å². The number of rotatable bonds is 56. The molecule has 0 saturated carbocycles. The Morgan fingerprint density at radius 3 is 1.07 bits per heavy atom. The zero-order valence-corrected chi connectivity index (χ0v) is 45.1. The molecule has 67 heavy (non-hydrogen) atoms. The number of hydrogen-bond acceptors (Lipinski definition) is 5. The molecule has 1 amide bonds. The number of aliphatic hydroxyl groups excluding tert-OH is 2. The summed E-state index contributed by atoms with van der Waals surface area (Å²) in [6, 6.07) is -0.624. The highest BCUT2D eigenvalue weighted by Crippen LogP contribution is 2.17. The van der Waals surface area contributed by atoms with Crippen LogP contribution in [-0.2, 0) is 14.3 Å². The standard InChI is InChI=1S/C61H117NO5/c1-3-5-7-9-11-13-15-30-35-39-43-47-51-55-61(66)67-56-52-48-44-40-36-32-29-27-25-23-21-19-17-16-18-20-22-24-26-28-31-34-38-42-46-50-54-60(65)62-58(57-63)59(64)53-49-45-41-37-33-14-12-10-8-6-4-2/h13,15,49,53,58-59,63-64H,3-12,14,16-48,50-52,54-57H2,1-2H3,(H,62,65)/b15-13-,53-49+. The van der Waals surface area contributed by atoms with E-state index in [9.17, 15) is 19.8 Å². The van der Waals surface area contributed by atoms with Gasteiger partial charge in [-0.05, 0) is 57.8 Å². The fraction of sp³-hybridized carbons (Fsp3) is 0.902. The van der Waals surface area contributed by atoms with Crippen LogP contribution in [0.25, 0.3) is 0 Å². The van der Waals surface area contributed by atoms with Gasteiger partial charge < -0.3 is 20.3 Å². The zero-order chi connectivity index (χ0) is 48.6. The van der Waals surface area contributed by atoms with E-state index in [0.717, 1.165) is 44.9 Å². The molecule has 0 heterocycles. The first-order chi connectivity index (χ1) is 33.0. The highest BCUT2D eigenvalue weighted by molar-refractivity contribution is 5.76. The van der Waals surface area contributed by atoms with Gasteiger partial charge in [-0.15, -0.1) is 0 Å². The maximum atomic E-state index is 12.4. The minimum Gasteiger partial charge on any atom is -0.466 e. The van der Waals surface area contributed by atoms with Crippen LogP contribution in [0.1, 0.15) is 328 Å². The van der Waals surface area contributed by atoms with Gasteiger partial charge in [-0.25, -0.2) is 0 Å². The summed E-state index contributed by atoms with van der Waals surface area (Å²) in [5.74, 6) is -0.0586. The lowest BCUT2D eigenvalue weighted by Gasteiger charge is -2.20. The van der Waals surface area contributed by atoms with Gasteiger partial charge in [0.15, 0.2) is 0 Å². The molecule has 6 nitrogen and oxygen atoms in total. The van der Waals surface area contributed by atoms with E-state index in [2.05, 4.69) is 31.3 Å². The van der Waals surface area contributed by atoms with E-state index in [-0.39, 0.29) is 18.5 Å². The van der Waals surface area contributed by atoms with E-state index in [0.29, 0.717) is 19.4 Å². The maximum Gasteiger partial charge on any atom is 0.305 e. The molecule has 0 aliphatic rings. The molecule has 6 heteroatoms. The monoisotopic (exact) mass is 944 g/mol. The van der Waals surface area contributed by atoms with Gasteiger partial charge in [-0.1, -0.05) is 282 Å². The average molecular weight is 945 g/mol. The highest BCUT2D eigenvalue weighted by atomic mass is 16.5. The SMILES string of the molecule is CCCCCC/C=C\CCCCCCCC(=O)OCCCCCCCCCCCCCCCCCCCCCCCCCCCCC(=O)NC(CO)C(O)/C=C/CCCCCCCCCCC. The second-order valence-electron chi connectivity index (χ2n) is 20.7. The Hall–Kier alpha value is -1.66. The number of carbonyl (C=O) groups is 2. The number of unbranched alkanes of at least 4 members (excludes halogenated alkanes) is 43. The van der Waals surface area contributed by atoms with Gasteiger partial charge in [-0.3, -0.25) is 9.59 Å². The summed E-state index contributed by atoms with van der Waals surface area (Å²) in [5, 5.41) is 23.0. The number of ether oxygens (including phenoxy) is 1. The van der Waals surface area contributed by atoms with Crippen LogP contribution in [-0.4, -0.2) is 47.4 Å². The van der Waals surface area contributed by atoms with Crippen molar-refractivity contribution in [2.75, 3.05) is 13.2 Å². The maximum absolute atomic E-state index is 12.4. The Kier molecular flexibility index (Phi) is 55.5. The lowest BCUT2D eigenvalue weighted by molar-refractivity contribution is -0.143. The lowest BCUT2D eigenvalue weighted by atomic mass is 10.0. The number of hydrogen-bond donors (Lipinski definition) is 3. The Morgan fingerprint density at radius 1 is 0.403 bits per heavy atom. The molecule has 0 spiro atoms. The first-order valence-electron chi connectivity index (χ1n) is 30.1. The van der Waals surface area contributed by atoms with Crippen LogP contribution in [0.2, 0.25) is 0 Å². The minimum absolute atomic E-state index is 0.00757. The van der Waals surface area contributed by atoms with Crippen molar-refractivity contribution in [3.05, 3.63) is 24.3 Å². The lowest BCUT2D eigenvalue weighted by Crippen LogP contribution is -2.45. The van der Waals surface area contributed by atoms with Crippen LogP contribution in [0.5, 0.6) is 0 Å². The molecule has 396 valence electrons. The van der Waals surface area contributed by atoms with E-state index in [1.807, 2.05) is 6.08 Å². The molecule has 2 atom stereocenters. The molecule has 0 bridgehead atoms. The minimum atomic E-state index is -0.841. The first-order valence-corrected chi connectivity index (χ1v) is 30.1. The molecular weight excluding hydrogens is 827 g/mol. The number of nitrogens with one attached hydrogen (secondary N) is 1. The van der Waals surface area contributed by atoms with E-state index in [4.69, 9.17) is 4.74 Å². The number of aliphatic hydroxyl groups is 2. The van der Waals surface area contributed by atoms with Crippen molar-refractivity contribution >= 4 is 11.9 Å². The molecule has 0 fully saturated rings. The summed E-state index contributed by atoms with van der Waals surface area (Å²) in [7, 11) is 0. The normalized spacial score (nSPS) is 12.7. The van der Waals surface area contributed by atoms with Crippen molar-refractivity contribution < 1.29 is 24.5 Å². The summed E-state index contributed by atoms with van der Waals surface area (Å²) in [6.45, 7) is 4.89. The van der Waals surface area contributed by atoms with Gasteiger partial charge in [0.25, 0.3) is 0 Å². The van der Waals surface area contributed by atoms with Crippen LogP contribution >= 0.6 is 0 Å². The third-order valence-corrected chi connectivity index (χ3v) is 14.0. The van der Waals surface area contributed by atoms with Crippen LogP contribution in [0.4, 0.5) is 0 Å². The van der Waals surface area contributed by atoms with Gasteiger partial charge in [0.1, 0.15) is 0 Å². The fourth-order valence-electron chi connectivity index (χ4n) is 9.34. The Bertz CT molecular complexity index is 1040. The summed E-state index contributed by atoms with van der Waals surface area (Å²) < 4.78 is 5.47. The van der Waals surface area contributed by atoms with Crippen LogP contribution in [0.3, 0.4) is 0 Å². The van der Waals surface area contributed by atoms with Gasteiger partial charge in [0.05, 0.1) is 25.4 Å². The molecule has 0 aliphatic heterocycles. The van der Waals surface area contributed by atoms with Gasteiger partial charge in [-0.2, -0.15) is 0 Å². The predicted octanol–water partition coefficient (Wildman–Crippen LogP) is 18.6. The topological polar surface area (TPSA) is 95.9 Å². The Balaban J connectivity index is 3.35. The van der Waals surface area contributed by atoms with E-state index >= 15 is 0 Å². The number of amides is 1. The Labute approximate surface area is 418 Å². The van der Waals surface area contributed by atoms with Gasteiger partial charge in [0.2, 0.25) is 5.91 Å². The predicted molar refractivity (Wildman–Crippen MR) is 292 cm³/mol. The number of esters is 1. The van der Waals surface area contributed by atoms with Crippen LogP contribution in [0, 0.1) is 0 Å². The third-order valence-electron chi connectivity index (χ3n) is 14.0. The average Bonchev–Trinajstić information content (AvgIpc) is 3.33. The molecule has 0 rings (SSSR count). The largest absolute Gasteiger partial charge is 0.466 e. The Morgan fingerprint density at radius 2 is 0.701 bits per heavy atom. The summed E-state index contributed by atoms with van der Waals surface area (Å²) >= 11 is 0. The van der Waals surface area contributed by atoms with Crippen molar-refractivity contribution in [3.63, 3.8) is 0 Å². The quantitative estimate of drug-likeness (QED) is 0.0321. The molecule has 0 radical (unpaired) electrons. The highest BCUT2D eigenvalue weighted by Gasteiger charge is 2.18. The number of allylic oxidation sites excluding steroid dienone is 3. The van der Waals surface area contributed by atoms with E-state index < -0.39 is 12.1 Å². The first kappa shape index (κ1) is 65.3. The van der Waals surface area contributed by atoms with Crippen LogP contribution in [0.15, 0.2) is 24.3 Å². The molecule has 3 N–H and O–H groups in total. The van der Waals surface area contributed by atoms with Crippen LogP contribution < -0.4 is 5.32 Å². The molecule has 0 aromatic carbocycles. The second-order valence-corrected chi connectivity index (χ2v) is 20.7. The van der Waals surface area contributed by atoms with Crippen molar-refractivity contribution in [2.45, 2.75) is 341 Å². The zero-order valence-electron chi connectivity index (χ0n) is 45.1. The van der Waals surface area contributed by atoms with Crippen molar-refractivity contribution in [1.82, 2.24) is 5.32 Å². The molecular formula is C61H117NO5. The van der Waals surface area contributed by atoms with Crippen molar-refractivity contribution in [2.24, 2.45) is 0 Å². The smallest absolute Gasteiger partial charge is 0.305 e. The molecule has 2 unspecified atom stereocenters. The molecule has 0 aromatic rings. The molecule has 0 aliphatic carbocycles. The van der Waals surface area contributed by atoms with Gasteiger partial charge >= 0.3 is 5.97 Å². The summed E-state index contributed by atoms with van der Waals surface area (Å²) in [4.78, 5) is 24.4. The van der Waals surface area contributed by atoms with Crippen molar-refractivity contribution in [3.8, 4) is 0 Å². The summed E-state index contributed by atoms with van der Waals surface area (Å²) in [6.07, 6.45) is 69.4. The van der Waals surface area contributed by atoms with Gasteiger partial charge in [0, 0.05) is 12.8 Å². The van der Waals surface area contributed by atoms with E-state index in [1.165, 1.54) is 257 Å². The van der Waals surface area contributed by atoms with E-state index in [1.54, 1.807) is 6.08 Å². The third kappa shape index (κ3) is 53.5. The molecule has 0 saturated heterocycles.